The molecule has 0 atom stereocenters. The van der Waals surface area contributed by atoms with E-state index in [1.54, 1.807) is 32.9 Å². The van der Waals surface area contributed by atoms with Crippen molar-refractivity contribution in [2.24, 2.45) is 0 Å². The Kier molecular flexibility index (Phi) is 6.57. The summed E-state index contributed by atoms with van der Waals surface area (Å²) in [5.74, 6) is -0.427. The Morgan fingerprint density at radius 1 is 0.971 bits per heavy atom. The minimum Gasteiger partial charge on any atom is -0.487 e. The first kappa shape index (κ1) is 25.3. The number of nitrogens with one attached hydrogen (secondary N) is 1. The van der Waals surface area contributed by atoms with Crippen molar-refractivity contribution < 1.29 is 33.3 Å². The second kappa shape index (κ2) is 8.81. The van der Waals surface area contributed by atoms with Crippen LogP contribution in [0.1, 0.15) is 67.4 Å². The van der Waals surface area contributed by atoms with Gasteiger partial charge in [0.25, 0.3) is 0 Å². The normalized spacial score (nSPS) is 15.1. The van der Waals surface area contributed by atoms with Crippen LogP contribution in [0.4, 0.5) is 4.79 Å². The zero-order valence-corrected chi connectivity index (χ0v) is 21.1. The van der Waals surface area contributed by atoms with Crippen LogP contribution in [0.3, 0.4) is 0 Å². The van der Waals surface area contributed by atoms with Gasteiger partial charge in [0, 0.05) is 23.3 Å². The highest BCUT2D eigenvalue weighted by Gasteiger charge is 2.37. The van der Waals surface area contributed by atoms with Crippen molar-refractivity contribution in [1.29, 1.82) is 0 Å². The first-order valence-electron chi connectivity index (χ1n) is 11.3. The summed E-state index contributed by atoms with van der Waals surface area (Å²) in [4.78, 5) is 37.5. The van der Waals surface area contributed by atoms with Crippen molar-refractivity contribution in [3.8, 4) is 17.2 Å². The smallest absolute Gasteiger partial charge is 0.408 e. The van der Waals surface area contributed by atoms with Crippen LogP contribution in [-0.4, -0.2) is 34.8 Å². The van der Waals surface area contributed by atoms with Gasteiger partial charge in [-0.25, -0.2) is 9.59 Å². The average molecular weight is 472 g/mol. The summed E-state index contributed by atoms with van der Waals surface area (Å²) in [6.07, 6.45) is 0.506. The van der Waals surface area contributed by atoms with Crippen LogP contribution in [0.15, 0.2) is 24.3 Å². The number of carbonyl (C=O) groups is 3. The lowest BCUT2D eigenvalue weighted by Crippen LogP contribution is -2.52. The molecule has 0 aliphatic carbocycles. The third-order valence-electron chi connectivity index (χ3n) is 5.29. The fourth-order valence-electron chi connectivity index (χ4n) is 3.68. The molecule has 2 aromatic carbocycles. The minimum atomic E-state index is -1.43. The van der Waals surface area contributed by atoms with Crippen LogP contribution in [0.2, 0.25) is 0 Å². The Labute approximate surface area is 199 Å². The molecule has 1 aliphatic heterocycles. The summed E-state index contributed by atoms with van der Waals surface area (Å²) in [7, 11) is 0. The van der Waals surface area contributed by atoms with Gasteiger partial charge in [-0.1, -0.05) is 24.3 Å². The first-order chi connectivity index (χ1) is 15.6. The summed E-state index contributed by atoms with van der Waals surface area (Å²) >= 11 is 0. The maximum Gasteiger partial charge on any atom is 0.408 e. The molecule has 3 rings (SSSR count). The highest BCUT2D eigenvalue weighted by molar-refractivity contribution is 6.00. The van der Waals surface area contributed by atoms with E-state index in [0.717, 1.165) is 5.39 Å². The third kappa shape index (κ3) is 5.61. The molecule has 1 aliphatic rings. The van der Waals surface area contributed by atoms with E-state index in [1.807, 2.05) is 26.0 Å². The number of fused-ring (bicyclic) bond motifs is 3. The molecule has 0 radical (unpaired) electrons. The number of alkyl carbamates (subject to hydrolysis) is 1. The Morgan fingerprint density at radius 2 is 1.59 bits per heavy atom. The van der Waals surface area contributed by atoms with E-state index in [2.05, 4.69) is 5.32 Å². The van der Waals surface area contributed by atoms with Crippen molar-refractivity contribution in [1.82, 2.24) is 5.32 Å². The zero-order chi connectivity index (χ0) is 25.5. The van der Waals surface area contributed by atoms with Gasteiger partial charge in [-0.2, -0.15) is 0 Å². The Bertz CT molecular complexity index is 1140. The van der Waals surface area contributed by atoms with Gasteiger partial charge >= 0.3 is 18.0 Å². The molecule has 0 aromatic heterocycles. The fourth-order valence-corrected chi connectivity index (χ4v) is 3.68. The molecular formula is C26H33NO7. The quantitative estimate of drug-likeness (QED) is 0.490. The molecule has 0 bridgehead atoms. The van der Waals surface area contributed by atoms with Crippen LogP contribution in [0.5, 0.6) is 17.2 Å². The number of ether oxygens (including phenoxy) is 4. The second-order valence-electron chi connectivity index (χ2n) is 10.6. The zero-order valence-electron chi connectivity index (χ0n) is 21.1. The number of benzene rings is 2. The van der Waals surface area contributed by atoms with Gasteiger partial charge in [0.15, 0.2) is 11.5 Å². The predicted molar refractivity (Wildman–Crippen MR) is 127 cm³/mol. The maximum absolute atomic E-state index is 13.2. The van der Waals surface area contributed by atoms with Crippen molar-refractivity contribution in [3.63, 3.8) is 0 Å². The van der Waals surface area contributed by atoms with E-state index in [4.69, 9.17) is 18.9 Å². The number of amides is 1. The maximum atomic E-state index is 13.2. The van der Waals surface area contributed by atoms with E-state index in [-0.39, 0.29) is 11.5 Å². The summed E-state index contributed by atoms with van der Waals surface area (Å²) in [5, 5.41) is 3.84. The number of hydrogen-bond acceptors (Lipinski definition) is 7. The highest BCUT2D eigenvalue weighted by Crippen LogP contribution is 2.50. The molecule has 0 saturated heterocycles. The fraction of sp³-hybridized carbons (Fsp3) is 0.500. The lowest BCUT2D eigenvalue weighted by Gasteiger charge is -2.35. The number of carbonyl (C=O) groups excluding carboxylic acids is 3. The van der Waals surface area contributed by atoms with Gasteiger partial charge in [-0.3, -0.25) is 4.79 Å². The molecule has 34 heavy (non-hydrogen) atoms. The number of esters is 2. The van der Waals surface area contributed by atoms with E-state index in [9.17, 15) is 14.4 Å². The van der Waals surface area contributed by atoms with E-state index < -0.39 is 34.8 Å². The SMILES string of the molecule is CC(=O)Oc1c2c(c3ccccc3c1OC(=O)C(C)(C)NC(=O)OC(C)(C)C)OC(C)(C)CC2. The molecule has 2 aromatic rings. The molecule has 0 fully saturated rings. The monoisotopic (exact) mass is 471 g/mol. The van der Waals surface area contributed by atoms with Crippen molar-refractivity contribution in [2.75, 3.05) is 0 Å². The molecule has 8 nitrogen and oxygen atoms in total. The highest BCUT2D eigenvalue weighted by atomic mass is 16.6. The molecule has 0 spiro atoms. The molecule has 184 valence electrons. The van der Waals surface area contributed by atoms with Crippen molar-refractivity contribution in [3.05, 3.63) is 29.8 Å². The van der Waals surface area contributed by atoms with Gasteiger partial charge in [-0.15, -0.1) is 0 Å². The van der Waals surface area contributed by atoms with Gasteiger partial charge in [-0.05, 0) is 61.3 Å². The second-order valence-corrected chi connectivity index (χ2v) is 10.6. The standard InChI is InChI=1S/C26H33NO7/c1-15(28)31-21-18-13-14-25(5,6)33-19(18)16-11-9-10-12-17(16)20(21)32-22(29)26(7,8)27-23(30)34-24(2,3)4/h9-12H,13-14H2,1-8H3,(H,27,30). The number of hydrogen-bond donors (Lipinski definition) is 1. The minimum absolute atomic E-state index is 0.108. The summed E-state index contributed by atoms with van der Waals surface area (Å²) in [6, 6.07) is 7.29. The van der Waals surface area contributed by atoms with Crippen LogP contribution in [0.25, 0.3) is 10.8 Å². The summed E-state index contributed by atoms with van der Waals surface area (Å²) < 4.78 is 23.0. The lowest BCUT2D eigenvalue weighted by molar-refractivity contribution is -0.141. The Balaban J connectivity index is 2.07. The molecule has 0 saturated carbocycles. The molecular weight excluding hydrogens is 438 g/mol. The van der Waals surface area contributed by atoms with E-state index in [1.165, 1.54) is 20.8 Å². The molecule has 0 unspecified atom stereocenters. The van der Waals surface area contributed by atoms with Gasteiger partial charge < -0.3 is 24.3 Å². The number of rotatable bonds is 4. The van der Waals surface area contributed by atoms with E-state index >= 15 is 0 Å². The van der Waals surface area contributed by atoms with Gasteiger partial charge in [0.2, 0.25) is 0 Å². The Morgan fingerprint density at radius 3 is 2.18 bits per heavy atom. The molecule has 8 heteroatoms. The average Bonchev–Trinajstić information content (AvgIpc) is 2.67. The van der Waals surface area contributed by atoms with Crippen LogP contribution in [0, 0.1) is 0 Å². The van der Waals surface area contributed by atoms with Gasteiger partial charge in [0.05, 0.1) is 0 Å². The topological polar surface area (TPSA) is 100 Å². The van der Waals surface area contributed by atoms with Crippen LogP contribution < -0.4 is 19.5 Å². The lowest BCUT2D eigenvalue weighted by atomic mass is 9.91. The molecule has 1 amide bonds. The summed E-state index contributed by atoms with van der Waals surface area (Å²) in [6.45, 7) is 13.5. The van der Waals surface area contributed by atoms with E-state index in [0.29, 0.717) is 29.5 Å². The molecule has 1 N–H and O–H groups in total. The predicted octanol–water partition coefficient (Wildman–Crippen LogP) is 5.08. The largest absolute Gasteiger partial charge is 0.487 e. The molecule has 1 heterocycles. The van der Waals surface area contributed by atoms with Crippen molar-refractivity contribution in [2.45, 2.75) is 85.0 Å². The third-order valence-corrected chi connectivity index (χ3v) is 5.29. The van der Waals surface area contributed by atoms with Gasteiger partial charge in [0.1, 0.15) is 22.5 Å². The van der Waals surface area contributed by atoms with Crippen LogP contribution in [-0.2, 0) is 20.7 Å². The summed E-state index contributed by atoms with van der Waals surface area (Å²) in [5.41, 5.74) is -1.89. The Hall–Kier alpha value is -3.29. The first-order valence-corrected chi connectivity index (χ1v) is 11.3. The van der Waals surface area contributed by atoms with Crippen molar-refractivity contribution >= 4 is 28.8 Å². The van der Waals surface area contributed by atoms with Crippen LogP contribution >= 0.6 is 0 Å².